The number of rotatable bonds is 8. The van der Waals surface area contributed by atoms with Crippen LogP contribution in [0.5, 0.6) is 5.75 Å². The number of ether oxygens (including phenoxy) is 1. The number of hydroxylamine groups is 1. The Morgan fingerprint density at radius 3 is 1.89 bits per heavy atom. The molecule has 45 heavy (non-hydrogen) atoms. The first-order valence-corrected chi connectivity index (χ1v) is 15.3. The van der Waals surface area contributed by atoms with Gasteiger partial charge in [0.25, 0.3) is 0 Å². The maximum atomic E-state index is 14.8. The molecule has 0 unspecified atom stereocenters. The van der Waals surface area contributed by atoms with Gasteiger partial charge >= 0.3 is 0 Å². The minimum absolute atomic E-state index is 0.0490. The molecule has 6 nitrogen and oxygen atoms in total. The maximum Gasteiger partial charge on any atom is 0.237 e. The van der Waals surface area contributed by atoms with Gasteiger partial charge in [-0.15, -0.1) is 0 Å². The summed E-state index contributed by atoms with van der Waals surface area (Å²) in [5, 5.41) is 2.41. The Hall–Kier alpha value is -4.91. The first-order chi connectivity index (χ1) is 22.0. The number of carbonyl (C=O) groups excluding carboxylic acids is 2. The lowest BCUT2D eigenvalue weighted by molar-refractivity contribution is -0.130. The van der Waals surface area contributed by atoms with Crippen LogP contribution >= 0.6 is 11.6 Å². The van der Waals surface area contributed by atoms with Gasteiger partial charge < -0.3 is 9.64 Å². The summed E-state index contributed by atoms with van der Waals surface area (Å²) >= 11 is 6.23. The number of hydrogen-bond donors (Lipinski definition) is 0. The van der Waals surface area contributed by atoms with E-state index in [2.05, 4.69) is 0 Å². The van der Waals surface area contributed by atoms with Crippen molar-refractivity contribution in [3.05, 3.63) is 161 Å². The van der Waals surface area contributed by atoms with Gasteiger partial charge in [-0.1, -0.05) is 90.5 Å². The molecular formula is C38H31ClN2O4. The molecule has 0 saturated carbocycles. The highest BCUT2D eigenvalue weighted by Crippen LogP contribution is 2.51. The van der Waals surface area contributed by atoms with Crippen molar-refractivity contribution in [2.45, 2.75) is 24.1 Å². The van der Waals surface area contributed by atoms with Crippen molar-refractivity contribution in [2.24, 2.45) is 5.92 Å². The third kappa shape index (κ3) is 5.26. The van der Waals surface area contributed by atoms with Crippen LogP contribution in [-0.4, -0.2) is 30.9 Å². The number of benzene rings is 5. The maximum absolute atomic E-state index is 14.8. The highest BCUT2D eigenvalue weighted by molar-refractivity contribution is 6.30. The Morgan fingerprint density at radius 2 is 1.29 bits per heavy atom. The summed E-state index contributed by atoms with van der Waals surface area (Å²) in [6.45, 7) is 0. The molecule has 5 aromatic carbocycles. The molecule has 7 rings (SSSR count). The van der Waals surface area contributed by atoms with Crippen molar-refractivity contribution < 1.29 is 19.2 Å². The average Bonchev–Trinajstić information content (AvgIpc) is 3.48. The van der Waals surface area contributed by atoms with E-state index in [1.54, 1.807) is 36.3 Å². The third-order valence-electron chi connectivity index (χ3n) is 8.75. The lowest BCUT2D eigenvalue weighted by Gasteiger charge is -2.50. The molecule has 2 aliphatic heterocycles. The molecule has 1 amide bonds. The summed E-state index contributed by atoms with van der Waals surface area (Å²) in [4.78, 5) is 37.6. The smallest absolute Gasteiger partial charge is 0.237 e. The van der Waals surface area contributed by atoms with Gasteiger partial charge in [0.05, 0.1) is 36.7 Å². The quantitative estimate of drug-likeness (QED) is 0.131. The number of Topliss-reactive ketones (excluding diaryl/α,β-unsaturated/α-hetero) is 1. The Balaban J connectivity index is 1.41. The first-order valence-electron chi connectivity index (χ1n) is 14.9. The molecular weight excluding hydrogens is 584 g/mol. The molecule has 2 heterocycles. The van der Waals surface area contributed by atoms with Gasteiger partial charge in [0.2, 0.25) is 5.91 Å². The van der Waals surface area contributed by atoms with Crippen molar-refractivity contribution in [1.29, 1.82) is 0 Å². The van der Waals surface area contributed by atoms with Gasteiger partial charge in [0, 0.05) is 16.3 Å². The zero-order chi connectivity index (χ0) is 30.9. The molecule has 0 bridgehead atoms. The van der Waals surface area contributed by atoms with Crippen molar-refractivity contribution in [2.75, 3.05) is 17.1 Å². The van der Waals surface area contributed by atoms with Crippen LogP contribution in [0.25, 0.3) is 0 Å². The van der Waals surface area contributed by atoms with Gasteiger partial charge in [-0.2, -0.15) is 0 Å². The molecule has 0 N–H and O–H groups in total. The number of halogens is 1. The van der Waals surface area contributed by atoms with E-state index >= 15 is 0 Å². The summed E-state index contributed by atoms with van der Waals surface area (Å²) in [6, 6.07) is 43.0. The molecule has 2 fully saturated rings. The fourth-order valence-corrected chi connectivity index (χ4v) is 6.77. The van der Waals surface area contributed by atoms with Gasteiger partial charge in [-0.25, -0.2) is 5.06 Å². The zero-order valence-corrected chi connectivity index (χ0v) is 25.3. The monoisotopic (exact) mass is 614 g/mol. The molecule has 7 heteroatoms. The minimum atomic E-state index is -0.691. The van der Waals surface area contributed by atoms with Crippen molar-refractivity contribution in [3.8, 4) is 5.75 Å². The highest BCUT2D eigenvalue weighted by Gasteiger charge is 2.61. The predicted octanol–water partition coefficient (Wildman–Crippen LogP) is 7.91. The topological polar surface area (TPSA) is 59.1 Å². The van der Waals surface area contributed by atoms with E-state index in [9.17, 15) is 9.59 Å². The van der Waals surface area contributed by atoms with E-state index in [4.69, 9.17) is 21.2 Å². The van der Waals surface area contributed by atoms with Gasteiger partial charge in [-0.3, -0.25) is 14.4 Å². The SMILES string of the molecule is COc1ccc(N2C(=O)[C@@H](c3ccccc3)[C@H]2[C@@H]2ON(c3ccccc3)[C@@H](c3ccccc3)[C@H]2C(=O)c2ccc(Cl)cc2)cc1. The number of amides is 1. The summed E-state index contributed by atoms with van der Waals surface area (Å²) in [5.74, 6) is -0.614. The predicted molar refractivity (Wildman–Crippen MR) is 176 cm³/mol. The van der Waals surface area contributed by atoms with Gasteiger partial charge in [0.1, 0.15) is 11.9 Å². The normalized spacial score (nSPS) is 22.6. The largest absolute Gasteiger partial charge is 0.497 e. The number of anilines is 2. The summed E-state index contributed by atoms with van der Waals surface area (Å²) < 4.78 is 5.39. The number of methoxy groups -OCH3 is 1. The Kier molecular flexibility index (Phi) is 7.84. The van der Waals surface area contributed by atoms with E-state index < -0.39 is 30.0 Å². The van der Waals surface area contributed by atoms with Crippen LogP contribution in [0.1, 0.15) is 33.4 Å². The van der Waals surface area contributed by atoms with E-state index in [0.29, 0.717) is 22.0 Å². The molecule has 5 atom stereocenters. The number of hydrogen-bond acceptors (Lipinski definition) is 5. The standard InChI is InChI=1S/C38H31ClN2O4/c1-44-31-23-21-29(22-24-31)40-35(32(38(40)43)25-11-5-2-6-12-25)37-33(36(42)27-17-19-28(39)20-18-27)34(26-13-7-3-8-14-26)41(45-37)30-15-9-4-10-16-30/h2-24,32-35,37H,1H3/t32-,33-,34-,35-,37+/m0/s1. The second-order valence-corrected chi connectivity index (χ2v) is 11.7. The Morgan fingerprint density at radius 1 is 0.711 bits per heavy atom. The number of para-hydroxylation sites is 1. The summed E-state index contributed by atoms with van der Waals surface area (Å²) in [5.41, 5.74) is 3.89. The number of carbonyl (C=O) groups is 2. The van der Waals surface area contributed by atoms with Crippen LogP contribution in [0, 0.1) is 5.92 Å². The fourth-order valence-electron chi connectivity index (χ4n) is 6.64. The van der Waals surface area contributed by atoms with Gasteiger partial charge in [-0.05, 0) is 71.8 Å². The third-order valence-corrected chi connectivity index (χ3v) is 9.01. The molecule has 5 aromatic rings. The molecule has 2 saturated heterocycles. The minimum Gasteiger partial charge on any atom is -0.497 e. The van der Waals surface area contributed by atoms with Gasteiger partial charge in [0.15, 0.2) is 5.78 Å². The Labute approximate surface area is 267 Å². The number of ketones is 1. The van der Waals surface area contributed by atoms with Crippen LogP contribution < -0.4 is 14.7 Å². The first kappa shape index (κ1) is 28.8. The van der Waals surface area contributed by atoms with Crippen molar-refractivity contribution in [3.63, 3.8) is 0 Å². The van der Waals surface area contributed by atoms with E-state index in [1.165, 1.54) is 0 Å². The van der Waals surface area contributed by atoms with E-state index in [1.807, 2.05) is 120 Å². The molecule has 0 aromatic heterocycles. The van der Waals surface area contributed by atoms with Crippen molar-refractivity contribution >= 4 is 34.7 Å². The number of nitrogens with zero attached hydrogens (tertiary/aromatic N) is 2. The lowest BCUT2D eigenvalue weighted by Crippen LogP contribution is -2.66. The fraction of sp³-hybridized carbons (Fsp3) is 0.158. The molecule has 2 aliphatic rings. The second-order valence-electron chi connectivity index (χ2n) is 11.3. The molecule has 0 aliphatic carbocycles. The second kappa shape index (κ2) is 12.2. The van der Waals surface area contributed by atoms with Crippen LogP contribution in [0.4, 0.5) is 11.4 Å². The lowest BCUT2D eigenvalue weighted by atomic mass is 9.71. The van der Waals surface area contributed by atoms with Crippen molar-refractivity contribution in [1.82, 2.24) is 0 Å². The van der Waals surface area contributed by atoms with E-state index in [0.717, 1.165) is 16.8 Å². The molecule has 224 valence electrons. The zero-order valence-electron chi connectivity index (χ0n) is 24.6. The van der Waals surface area contributed by atoms with E-state index in [-0.39, 0.29) is 11.7 Å². The number of β-lactam (4-membered cyclic amide) rings is 1. The Bertz CT molecular complexity index is 1780. The van der Waals surface area contributed by atoms with Crippen LogP contribution in [-0.2, 0) is 9.63 Å². The van der Waals surface area contributed by atoms with Crippen LogP contribution in [0.2, 0.25) is 5.02 Å². The average molecular weight is 615 g/mol. The molecule has 0 spiro atoms. The highest BCUT2D eigenvalue weighted by atomic mass is 35.5. The summed E-state index contributed by atoms with van der Waals surface area (Å²) in [7, 11) is 1.61. The summed E-state index contributed by atoms with van der Waals surface area (Å²) in [6.07, 6.45) is -0.691. The molecule has 0 radical (unpaired) electrons. The van der Waals surface area contributed by atoms with Crippen LogP contribution in [0.3, 0.4) is 0 Å². The van der Waals surface area contributed by atoms with Crippen LogP contribution in [0.15, 0.2) is 140 Å².